The highest BCUT2D eigenvalue weighted by Crippen LogP contribution is 2.14. The molecule has 0 bridgehead atoms. The number of benzene rings is 1. The molecule has 1 atom stereocenters. The van der Waals surface area contributed by atoms with Crippen molar-refractivity contribution >= 4 is 5.91 Å². The number of hydrogen-bond donors (Lipinski definition) is 1. The number of carbonyl (C=O) groups is 1. The van der Waals surface area contributed by atoms with Crippen LogP contribution in [0, 0.1) is 5.92 Å². The molecule has 0 saturated carbocycles. The first kappa shape index (κ1) is 14.3. The maximum Gasteiger partial charge on any atom is 0.223 e. The van der Waals surface area contributed by atoms with Crippen LogP contribution in [0.2, 0.25) is 0 Å². The van der Waals surface area contributed by atoms with Crippen molar-refractivity contribution < 1.29 is 4.79 Å². The average molecular weight is 271 g/mol. The highest BCUT2D eigenvalue weighted by Gasteiger charge is 2.12. The van der Waals surface area contributed by atoms with E-state index in [1.807, 2.05) is 42.0 Å². The van der Waals surface area contributed by atoms with Crippen molar-refractivity contribution in [2.24, 2.45) is 5.92 Å². The second kappa shape index (κ2) is 6.89. The molecule has 4 heteroatoms. The Morgan fingerprint density at radius 3 is 2.90 bits per heavy atom. The van der Waals surface area contributed by atoms with Crippen LogP contribution in [0.15, 0.2) is 43.0 Å². The molecule has 0 aliphatic heterocycles. The van der Waals surface area contributed by atoms with Gasteiger partial charge in [0.1, 0.15) is 0 Å². The summed E-state index contributed by atoms with van der Waals surface area (Å²) >= 11 is 0. The summed E-state index contributed by atoms with van der Waals surface area (Å²) in [5.41, 5.74) is 2.14. The predicted molar refractivity (Wildman–Crippen MR) is 79.5 cm³/mol. The van der Waals surface area contributed by atoms with E-state index in [2.05, 4.69) is 17.2 Å². The van der Waals surface area contributed by atoms with Gasteiger partial charge in [-0.05, 0) is 18.1 Å². The van der Waals surface area contributed by atoms with Crippen LogP contribution < -0.4 is 5.32 Å². The lowest BCUT2D eigenvalue weighted by Gasteiger charge is -2.14. The van der Waals surface area contributed by atoms with E-state index in [9.17, 15) is 4.79 Å². The lowest BCUT2D eigenvalue weighted by molar-refractivity contribution is -0.124. The highest BCUT2D eigenvalue weighted by atomic mass is 16.1. The maximum atomic E-state index is 12.0. The Labute approximate surface area is 119 Å². The molecular formula is C16H21N3O. The summed E-state index contributed by atoms with van der Waals surface area (Å²) in [6.45, 7) is 4.61. The Kier molecular flexibility index (Phi) is 4.93. The first-order valence-corrected chi connectivity index (χ1v) is 7.06. The number of amides is 1. The Balaban J connectivity index is 2.05. The van der Waals surface area contributed by atoms with Crippen molar-refractivity contribution in [3.05, 3.63) is 48.5 Å². The second-order valence-corrected chi connectivity index (χ2v) is 5.01. The number of para-hydroxylation sites is 1. The molecule has 0 aliphatic carbocycles. The first-order chi connectivity index (χ1) is 9.72. The number of imidazole rings is 1. The number of aromatic nitrogens is 2. The molecule has 1 N–H and O–H groups in total. The maximum absolute atomic E-state index is 12.0. The molecule has 0 radical (unpaired) electrons. The van der Waals surface area contributed by atoms with E-state index in [1.165, 1.54) is 0 Å². The Morgan fingerprint density at radius 2 is 2.20 bits per heavy atom. The molecule has 0 fully saturated rings. The largest absolute Gasteiger partial charge is 0.352 e. The van der Waals surface area contributed by atoms with Gasteiger partial charge in [-0.1, -0.05) is 38.5 Å². The van der Waals surface area contributed by atoms with Gasteiger partial charge >= 0.3 is 0 Å². The van der Waals surface area contributed by atoms with E-state index in [-0.39, 0.29) is 11.8 Å². The fourth-order valence-electron chi connectivity index (χ4n) is 2.23. The zero-order valence-corrected chi connectivity index (χ0v) is 12.0. The summed E-state index contributed by atoms with van der Waals surface area (Å²) in [7, 11) is 0. The van der Waals surface area contributed by atoms with Crippen LogP contribution >= 0.6 is 0 Å². The van der Waals surface area contributed by atoms with E-state index >= 15 is 0 Å². The number of nitrogens with zero attached hydrogens (tertiary/aromatic N) is 2. The molecule has 1 aromatic carbocycles. The third kappa shape index (κ3) is 3.47. The van der Waals surface area contributed by atoms with E-state index in [0.29, 0.717) is 6.54 Å². The minimum Gasteiger partial charge on any atom is -0.352 e. The Morgan fingerprint density at radius 1 is 1.40 bits per heavy atom. The van der Waals surface area contributed by atoms with Gasteiger partial charge in [0.2, 0.25) is 5.91 Å². The first-order valence-electron chi connectivity index (χ1n) is 7.06. The molecule has 1 unspecified atom stereocenters. The SMILES string of the molecule is CCCC(C)C(=O)NCc1ccccc1-n1ccnc1. The molecule has 1 aromatic heterocycles. The van der Waals surface area contributed by atoms with E-state index in [4.69, 9.17) is 0 Å². The molecule has 1 amide bonds. The molecule has 2 aromatic rings. The zero-order valence-electron chi connectivity index (χ0n) is 12.0. The second-order valence-electron chi connectivity index (χ2n) is 5.01. The molecule has 0 aliphatic rings. The topological polar surface area (TPSA) is 46.9 Å². The van der Waals surface area contributed by atoms with E-state index in [1.54, 1.807) is 12.5 Å². The van der Waals surface area contributed by atoms with Crippen molar-refractivity contribution in [3.8, 4) is 5.69 Å². The number of nitrogens with one attached hydrogen (secondary N) is 1. The minimum atomic E-state index is 0.0698. The summed E-state index contributed by atoms with van der Waals surface area (Å²) in [5.74, 6) is 0.188. The van der Waals surface area contributed by atoms with Gasteiger partial charge in [-0.25, -0.2) is 4.98 Å². The predicted octanol–water partition coefficient (Wildman–Crippen LogP) is 2.92. The van der Waals surface area contributed by atoms with Crippen molar-refractivity contribution in [1.82, 2.24) is 14.9 Å². The summed E-state index contributed by atoms with van der Waals surface area (Å²) in [4.78, 5) is 16.0. The van der Waals surface area contributed by atoms with E-state index in [0.717, 1.165) is 24.1 Å². The third-order valence-electron chi connectivity index (χ3n) is 3.40. The lowest BCUT2D eigenvalue weighted by Crippen LogP contribution is -2.29. The van der Waals surface area contributed by atoms with Gasteiger partial charge in [-0.3, -0.25) is 4.79 Å². The fraction of sp³-hybridized carbons (Fsp3) is 0.375. The summed E-state index contributed by atoms with van der Waals surface area (Å²) in [5, 5.41) is 3.01. The smallest absolute Gasteiger partial charge is 0.223 e. The van der Waals surface area contributed by atoms with Crippen LogP contribution in [-0.2, 0) is 11.3 Å². The Hall–Kier alpha value is -2.10. The third-order valence-corrected chi connectivity index (χ3v) is 3.40. The number of carbonyl (C=O) groups excluding carboxylic acids is 1. The van der Waals surface area contributed by atoms with Crippen LogP contribution in [0.25, 0.3) is 5.69 Å². The van der Waals surface area contributed by atoms with Crippen LogP contribution in [0.5, 0.6) is 0 Å². The summed E-state index contributed by atoms with van der Waals surface area (Å²) in [6.07, 6.45) is 7.37. The van der Waals surface area contributed by atoms with Crippen molar-refractivity contribution in [1.29, 1.82) is 0 Å². The van der Waals surface area contributed by atoms with Gasteiger partial charge in [-0.2, -0.15) is 0 Å². The van der Waals surface area contributed by atoms with Gasteiger partial charge < -0.3 is 9.88 Å². The number of hydrogen-bond acceptors (Lipinski definition) is 2. The normalized spacial score (nSPS) is 12.1. The Bertz CT molecular complexity index is 549. The van der Waals surface area contributed by atoms with Gasteiger partial charge in [0.05, 0.1) is 12.0 Å². The molecule has 20 heavy (non-hydrogen) atoms. The molecular weight excluding hydrogens is 250 g/mol. The standard InChI is InChI=1S/C16H21N3O/c1-3-6-13(2)16(20)18-11-14-7-4-5-8-15(14)19-10-9-17-12-19/h4-5,7-10,12-13H,3,6,11H2,1-2H3,(H,18,20). The highest BCUT2D eigenvalue weighted by molar-refractivity contribution is 5.78. The molecule has 4 nitrogen and oxygen atoms in total. The van der Waals surface area contributed by atoms with Gasteiger partial charge in [0.25, 0.3) is 0 Å². The van der Waals surface area contributed by atoms with Crippen LogP contribution in [-0.4, -0.2) is 15.5 Å². The van der Waals surface area contributed by atoms with Gasteiger partial charge in [-0.15, -0.1) is 0 Å². The lowest BCUT2D eigenvalue weighted by atomic mass is 10.1. The molecule has 2 rings (SSSR count). The van der Waals surface area contributed by atoms with Crippen LogP contribution in [0.1, 0.15) is 32.3 Å². The minimum absolute atomic E-state index is 0.0698. The average Bonchev–Trinajstić information content (AvgIpc) is 2.99. The van der Waals surface area contributed by atoms with Gasteiger partial charge in [0, 0.05) is 24.9 Å². The molecule has 0 saturated heterocycles. The molecule has 1 heterocycles. The van der Waals surface area contributed by atoms with E-state index < -0.39 is 0 Å². The van der Waals surface area contributed by atoms with Crippen LogP contribution in [0.4, 0.5) is 0 Å². The monoisotopic (exact) mass is 271 g/mol. The molecule has 106 valence electrons. The van der Waals surface area contributed by atoms with Crippen LogP contribution in [0.3, 0.4) is 0 Å². The summed E-state index contributed by atoms with van der Waals surface area (Å²) < 4.78 is 1.96. The van der Waals surface area contributed by atoms with Gasteiger partial charge in [0.15, 0.2) is 0 Å². The zero-order chi connectivity index (χ0) is 14.4. The van der Waals surface area contributed by atoms with Crippen molar-refractivity contribution in [2.45, 2.75) is 33.2 Å². The quantitative estimate of drug-likeness (QED) is 0.878. The fourth-order valence-corrected chi connectivity index (χ4v) is 2.23. The summed E-state index contributed by atoms with van der Waals surface area (Å²) in [6, 6.07) is 8.02. The number of rotatable bonds is 6. The van der Waals surface area contributed by atoms with Crippen molar-refractivity contribution in [2.75, 3.05) is 0 Å². The molecule has 0 spiro atoms. The van der Waals surface area contributed by atoms with Crippen molar-refractivity contribution in [3.63, 3.8) is 0 Å².